The Morgan fingerprint density at radius 3 is 2.73 bits per heavy atom. The number of nitrogens with two attached hydrogens (primary N) is 1. The van der Waals surface area contributed by atoms with Crippen LogP contribution < -0.4 is 11.2 Å². The third-order valence-electron chi connectivity index (χ3n) is 4.20. The summed E-state index contributed by atoms with van der Waals surface area (Å²) >= 11 is 0. The molecule has 0 aliphatic carbocycles. The van der Waals surface area contributed by atoms with Gasteiger partial charge in [-0.1, -0.05) is 24.0 Å². The van der Waals surface area contributed by atoms with Crippen LogP contribution in [0.25, 0.3) is 11.3 Å². The zero-order valence-corrected chi connectivity index (χ0v) is 14.1. The van der Waals surface area contributed by atoms with E-state index in [1.54, 1.807) is 31.3 Å². The third kappa shape index (κ3) is 3.36. The third-order valence-corrected chi connectivity index (χ3v) is 4.20. The van der Waals surface area contributed by atoms with Gasteiger partial charge in [-0.2, -0.15) is 0 Å². The predicted molar refractivity (Wildman–Crippen MR) is 95.1 cm³/mol. The Kier molecular flexibility index (Phi) is 4.36. The van der Waals surface area contributed by atoms with Crippen molar-refractivity contribution in [1.82, 2.24) is 9.88 Å². The summed E-state index contributed by atoms with van der Waals surface area (Å²) in [5.41, 5.74) is 4.81. The molecule has 0 radical (unpaired) electrons. The number of likely N-dealkylation sites (N-methyl/N-ethyl adjacent to an activating group) is 1. The lowest BCUT2D eigenvalue weighted by molar-refractivity contribution is -0.137. The van der Waals surface area contributed by atoms with E-state index < -0.39 is 17.4 Å². The number of aliphatic hydroxyl groups is 1. The number of carbonyl (C=O) groups is 2. The second-order valence-electron chi connectivity index (χ2n) is 6.18. The smallest absolute Gasteiger partial charge is 0.267 e. The molecule has 2 amide bonds. The number of primary amides is 1. The fourth-order valence-corrected chi connectivity index (χ4v) is 2.74. The first kappa shape index (κ1) is 17.5. The van der Waals surface area contributed by atoms with Crippen LogP contribution in [0.2, 0.25) is 0 Å². The van der Waals surface area contributed by atoms with E-state index in [4.69, 9.17) is 5.73 Å². The fourth-order valence-electron chi connectivity index (χ4n) is 2.74. The second-order valence-corrected chi connectivity index (χ2v) is 6.18. The van der Waals surface area contributed by atoms with E-state index in [2.05, 4.69) is 16.8 Å². The van der Waals surface area contributed by atoms with Crippen LogP contribution in [0.3, 0.4) is 0 Å². The van der Waals surface area contributed by atoms with Gasteiger partial charge in [0.2, 0.25) is 5.60 Å². The van der Waals surface area contributed by atoms with Gasteiger partial charge in [0, 0.05) is 43.4 Å². The molecule has 1 aliphatic rings. The summed E-state index contributed by atoms with van der Waals surface area (Å²) in [6.07, 6.45) is 0.253. The highest BCUT2D eigenvalue weighted by Crippen LogP contribution is 2.21. The molecule has 1 aliphatic heterocycles. The quantitative estimate of drug-likeness (QED) is 0.665. The normalized spacial score (nSPS) is 19.2. The number of rotatable bonds is 2. The Hall–Kier alpha value is -3.37. The number of amides is 2. The molecule has 26 heavy (non-hydrogen) atoms. The van der Waals surface area contributed by atoms with Crippen molar-refractivity contribution in [3.63, 3.8) is 0 Å². The van der Waals surface area contributed by atoms with E-state index in [0.717, 1.165) is 6.07 Å². The maximum atomic E-state index is 12.0. The lowest BCUT2D eigenvalue weighted by atomic mass is 10.0. The molecule has 1 fully saturated rings. The first-order valence-corrected chi connectivity index (χ1v) is 7.94. The zero-order chi connectivity index (χ0) is 18.9. The number of aromatic amines is 1. The highest BCUT2D eigenvalue weighted by Gasteiger charge is 2.42. The zero-order valence-electron chi connectivity index (χ0n) is 14.1. The molecular formula is C19H17N3O4. The van der Waals surface area contributed by atoms with Crippen LogP contribution in [-0.4, -0.2) is 46.0 Å². The lowest BCUT2D eigenvalue weighted by Crippen LogP contribution is -2.37. The molecule has 132 valence electrons. The number of aromatic nitrogens is 1. The van der Waals surface area contributed by atoms with Gasteiger partial charge in [-0.3, -0.25) is 14.4 Å². The Labute approximate surface area is 149 Å². The number of pyridine rings is 1. The van der Waals surface area contributed by atoms with Gasteiger partial charge in [0.1, 0.15) is 5.69 Å². The topological polar surface area (TPSA) is 116 Å². The van der Waals surface area contributed by atoms with Crippen molar-refractivity contribution in [2.75, 3.05) is 13.6 Å². The standard InChI is InChI=1S/C19H17N3O4/c1-22-8-7-19(26,18(22)25)6-5-12-3-2-4-13(9-12)15-10-14(23)11-16(21-15)17(20)24/h2-4,9-11,26H,7-8H2,1H3,(H2,20,24)(H,21,23). The molecule has 7 heteroatoms. The molecule has 4 N–H and O–H groups in total. The summed E-state index contributed by atoms with van der Waals surface area (Å²) in [5.74, 6) is 4.30. The Balaban J connectivity index is 1.96. The van der Waals surface area contributed by atoms with Crippen molar-refractivity contribution >= 4 is 11.8 Å². The van der Waals surface area contributed by atoms with E-state index in [0.29, 0.717) is 23.4 Å². The largest absolute Gasteiger partial charge is 0.369 e. The number of hydrogen-bond donors (Lipinski definition) is 3. The lowest BCUT2D eigenvalue weighted by Gasteiger charge is -2.13. The number of likely N-dealkylation sites (tertiary alicyclic amines) is 1. The van der Waals surface area contributed by atoms with Crippen LogP contribution in [-0.2, 0) is 4.79 Å². The van der Waals surface area contributed by atoms with Crippen LogP contribution in [0.4, 0.5) is 0 Å². The van der Waals surface area contributed by atoms with E-state index in [1.807, 2.05) is 0 Å². The molecule has 0 spiro atoms. The minimum absolute atomic E-state index is 0.0119. The van der Waals surface area contributed by atoms with Crippen LogP contribution in [0.1, 0.15) is 22.5 Å². The van der Waals surface area contributed by atoms with Crippen LogP contribution in [0.5, 0.6) is 0 Å². The molecule has 1 aromatic carbocycles. The van der Waals surface area contributed by atoms with Crippen molar-refractivity contribution in [3.05, 3.63) is 57.9 Å². The molecule has 7 nitrogen and oxygen atoms in total. The average Bonchev–Trinajstić information content (AvgIpc) is 2.88. The maximum Gasteiger partial charge on any atom is 0.267 e. The van der Waals surface area contributed by atoms with E-state index in [1.165, 1.54) is 11.0 Å². The first-order chi connectivity index (χ1) is 12.3. The van der Waals surface area contributed by atoms with Crippen molar-refractivity contribution < 1.29 is 14.7 Å². The molecule has 1 atom stereocenters. The van der Waals surface area contributed by atoms with Crippen LogP contribution >= 0.6 is 0 Å². The van der Waals surface area contributed by atoms with Gasteiger partial charge in [-0.05, 0) is 17.7 Å². The molecule has 1 saturated heterocycles. The Morgan fingerprint density at radius 2 is 2.08 bits per heavy atom. The minimum atomic E-state index is -1.68. The number of nitrogens with one attached hydrogen (secondary N) is 1. The van der Waals surface area contributed by atoms with Crippen molar-refractivity contribution in [2.45, 2.75) is 12.0 Å². The molecule has 2 aromatic rings. The summed E-state index contributed by atoms with van der Waals surface area (Å²) in [6, 6.07) is 9.36. The molecule has 3 rings (SSSR count). The second kappa shape index (κ2) is 6.50. The number of hydrogen-bond acceptors (Lipinski definition) is 4. The monoisotopic (exact) mass is 351 g/mol. The van der Waals surface area contributed by atoms with Gasteiger partial charge in [-0.25, -0.2) is 0 Å². The molecule has 1 aromatic heterocycles. The fraction of sp³-hybridized carbons (Fsp3) is 0.211. The molecular weight excluding hydrogens is 334 g/mol. The van der Waals surface area contributed by atoms with E-state index >= 15 is 0 Å². The van der Waals surface area contributed by atoms with Crippen LogP contribution in [0, 0.1) is 11.8 Å². The van der Waals surface area contributed by atoms with Gasteiger partial charge >= 0.3 is 0 Å². The van der Waals surface area contributed by atoms with Gasteiger partial charge < -0.3 is 20.7 Å². The SMILES string of the molecule is CN1CCC(O)(C#Cc2cccc(-c3cc(=O)cc(C(N)=O)[nH]3)c2)C1=O. The average molecular weight is 351 g/mol. The Morgan fingerprint density at radius 1 is 1.31 bits per heavy atom. The van der Waals surface area contributed by atoms with Crippen molar-refractivity contribution in [2.24, 2.45) is 5.73 Å². The number of benzene rings is 1. The number of nitrogens with zero attached hydrogens (tertiary/aromatic N) is 1. The van der Waals surface area contributed by atoms with Gasteiger partial charge in [0.15, 0.2) is 5.43 Å². The first-order valence-electron chi connectivity index (χ1n) is 7.94. The van der Waals surface area contributed by atoms with E-state index in [9.17, 15) is 19.5 Å². The molecule has 0 saturated carbocycles. The van der Waals surface area contributed by atoms with Crippen molar-refractivity contribution in [3.8, 4) is 23.1 Å². The maximum absolute atomic E-state index is 12.0. The summed E-state index contributed by atoms with van der Waals surface area (Å²) < 4.78 is 0. The summed E-state index contributed by atoms with van der Waals surface area (Å²) in [5, 5.41) is 10.3. The molecule has 0 bridgehead atoms. The van der Waals surface area contributed by atoms with E-state index in [-0.39, 0.29) is 17.5 Å². The minimum Gasteiger partial charge on any atom is -0.369 e. The molecule has 1 unspecified atom stereocenters. The Bertz CT molecular complexity index is 1020. The van der Waals surface area contributed by atoms with Crippen LogP contribution in [0.15, 0.2) is 41.2 Å². The van der Waals surface area contributed by atoms with Gasteiger partial charge in [-0.15, -0.1) is 0 Å². The van der Waals surface area contributed by atoms with Gasteiger partial charge in [0.05, 0.1) is 0 Å². The summed E-state index contributed by atoms with van der Waals surface area (Å²) in [7, 11) is 1.62. The van der Waals surface area contributed by atoms with Gasteiger partial charge in [0.25, 0.3) is 11.8 Å². The highest BCUT2D eigenvalue weighted by atomic mass is 16.3. The number of carbonyl (C=O) groups excluding carboxylic acids is 2. The summed E-state index contributed by atoms with van der Waals surface area (Å²) in [4.78, 5) is 39.3. The molecule has 2 heterocycles. The number of H-pyrrole nitrogens is 1. The summed E-state index contributed by atoms with van der Waals surface area (Å²) in [6.45, 7) is 0.450. The highest BCUT2D eigenvalue weighted by molar-refractivity contribution is 5.91. The van der Waals surface area contributed by atoms with Crippen molar-refractivity contribution in [1.29, 1.82) is 0 Å². The predicted octanol–water partition coefficient (Wildman–Crippen LogP) is 0.0855.